The predicted molar refractivity (Wildman–Crippen MR) is 143 cm³/mol. The molecule has 3 aromatic rings. The van der Waals surface area contributed by atoms with Crippen LogP contribution in [0.3, 0.4) is 0 Å². The zero-order valence-electron chi connectivity index (χ0n) is 20.4. The molecule has 1 amide bonds. The normalized spacial score (nSPS) is 14.8. The Morgan fingerprint density at radius 2 is 1.46 bits per heavy atom. The molecule has 0 aliphatic carbocycles. The second-order valence-corrected chi connectivity index (χ2v) is 12.7. The number of rotatable bonds is 9. The summed E-state index contributed by atoms with van der Waals surface area (Å²) < 4.78 is 57.9. The van der Waals surface area contributed by atoms with Crippen LogP contribution in [0.25, 0.3) is 0 Å². The number of ether oxygens (including phenoxy) is 1. The van der Waals surface area contributed by atoms with Gasteiger partial charge in [-0.25, -0.2) is 16.8 Å². The average molecular weight is 544 g/mol. The van der Waals surface area contributed by atoms with E-state index in [1.807, 2.05) is 24.3 Å². The van der Waals surface area contributed by atoms with Gasteiger partial charge >= 0.3 is 0 Å². The van der Waals surface area contributed by atoms with Gasteiger partial charge in [0.05, 0.1) is 23.4 Å². The van der Waals surface area contributed by atoms with Crippen LogP contribution in [-0.4, -0.2) is 66.1 Å². The first kappa shape index (κ1) is 26.6. The number of methoxy groups -OCH3 is 1. The highest BCUT2D eigenvalue weighted by Gasteiger charge is 2.29. The predicted octanol–water partition coefficient (Wildman–Crippen LogP) is 2.76. The third-order valence-electron chi connectivity index (χ3n) is 6.02. The number of sulfonamides is 1. The van der Waals surface area contributed by atoms with Gasteiger partial charge in [0.15, 0.2) is 9.84 Å². The quantitative estimate of drug-likeness (QED) is 0.442. The van der Waals surface area contributed by atoms with E-state index in [-0.39, 0.29) is 10.6 Å². The largest absolute Gasteiger partial charge is 0.495 e. The zero-order valence-corrected chi connectivity index (χ0v) is 22.0. The second-order valence-electron chi connectivity index (χ2n) is 8.65. The van der Waals surface area contributed by atoms with E-state index in [2.05, 4.69) is 10.2 Å². The van der Waals surface area contributed by atoms with Crippen molar-refractivity contribution in [1.29, 1.82) is 0 Å². The molecule has 0 spiro atoms. The lowest BCUT2D eigenvalue weighted by Gasteiger charge is -2.35. The van der Waals surface area contributed by atoms with Crippen molar-refractivity contribution in [2.45, 2.75) is 10.6 Å². The summed E-state index contributed by atoms with van der Waals surface area (Å²) in [7, 11) is -5.77. The average Bonchev–Trinajstić information content (AvgIpc) is 2.89. The first-order valence-electron chi connectivity index (χ1n) is 11.7. The van der Waals surface area contributed by atoms with E-state index in [9.17, 15) is 21.6 Å². The van der Waals surface area contributed by atoms with E-state index in [1.54, 1.807) is 37.4 Å². The van der Waals surface area contributed by atoms with Gasteiger partial charge in [-0.3, -0.25) is 4.79 Å². The Morgan fingerprint density at radius 3 is 2.11 bits per heavy atom. The van der Waals surface area contributed by atoms with Crippen molar-refractivity contribution in [3.8, 4) is 5.75 Å². The molecule has 0 aromatic heterocycles. The molecule has 1 fully saturated rings. The molecule has 37 heavy (non-hydrogen) atoms. The summed E-state index contributed by atoms with van der Waals surface area (Å²) in [5.41, 5.74) is 1.85. The molecule has 1 aliphatic heterocycles. The SMILES string of the molecule is COc1ccccc1N1CCN(S(=O)(=O)c2ccc(NC(=O)CS(=O)(=O)Cc3ccccc3)cc2)CC1. The van der Waals surface area contributed by atoms with E-state index in [1.165, 1.54) is 28.6 Å². The monoisotopic (exact) mass is 543 g/mol. The molecule has 0 unspecified atom stereocenters. The molecule has 1 N–H and O–H groups in total. The van der Waals surface area contributed by atoms with Crippen LogP contribution in [-0.2, 0) is 30.4 Å². The zero-order chi connectivity index (χ0) is 26.5. The van der Waals surface area contributed by atoms with Crippen LogP contribution in [0, 0.1) is 0 Å². The summed E-state index contributed by atoms with van der Waals surface area (Å²) in [6, 6.07) is 22.0. The number of piperazine rings is 1. The number of amides is 1. The third kappa shape index (κ3) is 6.68. The minimum atomic E-state index is -3.73. The van der Waals surface area contributed by atoms with E-state index in [0.717, 1.165) is 11.4 Å². The van der Waals surface area contributed by atoms with E-state index < -0.39 is 31.5 Å². The molecular weight excluding hydrogens is 514 g/mol. The third-order valence-corrected chi connectivity index (χ3v) is 9.41. The molecule has 3 aromatic carbocycles. The smallest absolute Gasteiger partial charge is 0.243 e. The van der Waals surface area contributed by atoms with Crippen LogP contribution >= 0.6 is 0 Å². The van der Waals surface area contributed by atoms with Crippen molar-refractivity contribution in [2.75, 3.05) is 49.3 Å². The van der Waals surface area contributed by atoms with Gasteiger partial charge in [-0.2, -0.15) is 4.31 Å². The van der Waals surface area contributed by atoms with Crippen LogP contribution in [0.15, 0.2) is 83.8 Å². The number of anilines is 2. The molecule has 11 heteroatoms. The van der Waals surface area contributed by atoms with Gasteiger partial charge in [-0.05, 0) is 42.0 Å². The lowest BCUT2D eigenvalue weighted by atomic mass is 10.2. The highest BCUT2D eigenvalue weighted by molar-refractivity contribution is 7.91. The Labute approximate surface area is 217 Å². The number of nitrogens with zero attached hydrogens (tertiary/aromatic N) is 2. The molecule has 9 nitrogen and oxygen atoms in total. The minimum Gasteiger partial charge on any atom is -0.495 e. The molecule has 196 valence electrons. The molecule has 0 radical (unpaired) electrons. The Hall–Kier alpha value is -3.41. The van der Waals surface area contributed by atoms with Gasteiger partial charge in [0.1, 0.15) is 11.5 Å². The van der Waals surface area contributed by atoms with Crippen LogP contribution in [0.2, 0.25) is 0 Å². The molecular formula is C26H29N3O6S2. The number of hydrogen-bond donors (Lipinski definition) is 1. The fourth-order valence-corrected chi connectivity index (χ4v) is 6.89. The fourth-order valence-electron chi connectivity index (χ4n) is 4.20. The molecule has 0 saturated carbocycles. The Kier molecular flexibility index (Phi) is 8.16. The van der Waals surface area contributed by atoms with Gasteiger partial charge in [-0.1, -0.05) is 42.5 Å². The molecule has 0 bridgehead atoms. The van der Waals surface area contributed by atoms with E-state index in [0.29, 0.717) is 37.4 Å². The van der Waals surface area contributed by atoms with E-state index >= 15 is 0 Å². The summed E-state index contributed by atoms with van der Waals surface area (Å²) in [5.74, 6) is -0.843. The molecule has 0 atom stereocenters. The first-order chi connectivity index (χ1) is 17.7. The highest BCUT2D eigenvalue weighted by atomic mass is 32.2. The van der Waals surface area contributed by atoms with Crippen LogP contribution in [0.5, 0.6) is 5.75 Å². The Balaban J connectivity index is 1.34. The van der Waals surface area contributed by atoms with Crippen LogP contribution < -0.4 is 15.0 Å². The van der Waals surface area contributed by atoms with Gasteiger partial charge in [0.25, 0.3) is 0 Å². The van der Waals surface area contributed by atoms with Crippen molar-refractivity contribution >= 4 is 37.1 Å². The van der Waals surface area contributed by atoms with Crippen molar-refractivity contribution in [3.63, 3.8) is 0 Å². The summed E-state index contributed by atoms with van der Waals surface area (Å²) in [5, 5.41) is 2.53. The summed E-state index contributed by atoms with van der Waals surface area (Å²) >= 11 is 0. The number of hydrogen-bond acceptors (Lipinski definition) is 7. The Morgan fingerprint density at radius 1 is 0.838 bits per heavy atom. The summed E-state index contributed by atoms with van der Waals surface area (Å²) in [6.45, 7) is 1.67. The van der Waals surface area contributed by atoms with Crippen LogP contribution in [0.4, 0.5) is 11.4 Å². The van der Waals surface area contributed by atoms with Crippen molar-refractivity contribution in [2.24, 2.45) is 0 Å². The molecule has 1 aliphatic rings. The standard InChI is InChI=1S/C26H29N3O6S2/c1-35-25-10-6-5-9-24(25)28-15-17-29(18-16-28)37(33,34)23-13-11-22(12-14-23)27-26(30)20-36(31,32)19-21-7-3-2-4-8-21/h2-14H,15-20H2,1H3,(H,27,30). The number of benzene rings is 3. The van der Waals surface area contributed by atoms with Crippen molar-refractivity contribution in [3.05, 3.63) is 84.4 Å². The van der Waals surface area contributed by atoms with Crippen LogP contribution in [0.1, 0.15) is 5.56 Å². The summed E-state index contributed by atoms with van der Waals surface area (Å²) in [4.78, 5) is 14.5. The maximum atomic E-state index is 13.2. The van der Waals surface area contributed by atoms with Gasteiger partial charge in [0, 0.05) is 31.9 Å². The van der Waals surface area contributed by atoms with E-state index in [4.69, 9.17) is 4.74 Å². The molecule has 4 rings (SSSR count). The lowest BCUT2D eigenvalue weighted by molar-refractivity contribution is -0.113. The second kappa shape index (κ2) is 11.3. The van der Waals surface area contributed by atoms with Crippen molar-refractivity contribution in [1.82, 2.24) is 4.31 Å². The number of nitrogens with one attached hydrogen (secondary N) is 1. The van der Waals surface area contributed by atoms with Gasteiger partial charge in [0.2, 0.25) is 15.9 Å². The lowest BCUT2D eigenvalue weighted by Crippen LogP contribution is -2.48. The number of carbonyl (C=O) groups is 1. The van der Waals surface area contributed by atoms with Crippen molar-refractivity contribution < 1.29 is 26.4 Å². The summed E-state index contributed by atoms with van der Waals surface area (Å²) in [6.07, 6.45) is 0. The first-order valence-corrected chi connectivity index (χ1v) is 15.0. The maximum Gasteiger partial charge on any atom is 0.243 e. The maximum absolute atomic E-state index is 13.2. The van der Waals surface area contributed by atoms with Gasteiger partial charge in [-0.15, -0.1) is 0 Å². The number of para-hydroxylation sites is 2. The fraction of sp³-hybridized carbons (Fsp3) is 0.269. The number of sulfone groups is 1. The topological polar surface area (TPSA) is 113 Å². The highest BCUT2D eigenvalue weighted by Crippen LogP contribution is 2.29. The molecule has 1 saturated heterocycles. The van der Waals surface area contributed by atoms with Gasteiger partial charge < -0.3 is 15.0 Å². The number of carbonyl (C=O) groups excluding carboxylic acids is 1. The Bertz CT molecular complexity index is 1440. The molecule has 1 heterocycles. The minimum absolute atomic E-state index is 0.105.